The molecular weight excluding hydrogens is 431 g/mol. The average molecular weight is 457 g/mol. The number of aliphatic hydroxyl groups is 1. The lowest BCUT2D eigenvalue weighted by Gasteiger charge is -2.44. The Labute approximate surface area is 186 Å². The fourth-order valence-electron chi connectivity index (χ4n) is 5.19. The molecule has 2 aliphatic rings. The molecule has 3 aromatic rings. The number of aryl methyl sites for hydroxylation is 1. The highest BCUT2D eigenvalue weighted by Gasteiger charge is 2.50. The Morgan fingerprint density at radius 1 is 1.19 bits per heavy atom. The first kappa shape index (κ1) is 21.1. The van der Waals surface area contributed by atoms with Crippen LogP contribution in [0.3, 0.4) is 0 Å². The summed E-state index contributed by atoms with van der Waals surface area (Å²) in [5.74, 6) is -0.419. The monoisotopic (exact) mass is 456 g/mol. The van der Waals surface area contributed by atoms with E-state index >= 15 is 0 Å². The minimum absolute atomic E-state index is 0.00642. The molecule has 1 aromatic heterocycles. The smallest absolute Gasteiger partial charge is 0.262 e. The van der Waals surface area contributed by atoms with Crippen LogP contribution in [0.1, 0.15) is 18.0 Å². The first-order valence-electron chi connectivity index (χ1n) is 10.6. The van der Waals surface area contributed by atoms with Crippen LogP contribution in [-0.2, 0) is 17.1 Å². The molecule has 2 aromatic carbocycles. The second-order valence-electron chi connectivity index (χ2n) is 8.50. The standard InChI is InChI=1S/C23H25FN4O3S/c1-26-12-22(25-14-26)32(30,31)28-10-9-17-21(13-29)27(2)20-8-7-15(11-18(20)23(17)28)16-5-3-4-6-19(16)24/h3-8,11-12,14,17,21,23,29H,9-10,13H2,1-2H3/t17-,21+,23-/m1/s1. The topological polar surface area (TPSA) is 78.7 Å². The van der Waals surface area contributed by atoms with E-state index in [-0.39, 0.29) is 29.4 Å². The van der Waals surface area contributed by atoms with Crippen LogP contribution in [0.4, 0.5) is 10.1 Å². The van der Waals surface area contributed by atoms with Crippen molar-refractivity contribution in [3.05, 3.63) is 66.4 Å². The van der Waals surface area contributed by atoms with Crippen molar-refractivity contribution >= 4 is 15.7 Å². The van der Waals surface area contributed by atoms with Crippen LogP contribution in [0.15, 0.2) is 60.0 Å². The third-order valence-corrected chi connectivity index (χ3v) is 8.51. The Balaban J connectivity index is 1.66. The Hall–Kier alpha value is -2.75. The van der Waals surface area contributed by atoms with Crippen molar-refractivity contribution in [2.45, 2.75) is 23.5 Å². The Kier molecular flexibility index (Phi) is 5.07. The van der Waals surface area contributed by atoms with Gasteiger partial charge in [0.25, 0.3) is 10.0 Å². The molecule has 0 amide bonds. The number of benzene rings is 2. The summed E-state index contributed by atoms with van der Waals surface area (Å²) in [5, 5.41) is 10.1. The van der Waals surface area contributed by atoms with Crippen LogP contribution in [0.2, 0.25) is 0 Å². The summed E-state index contributed by atoms with van der Waals surface area (Å²) in [7, 11) is -0.199. The van der Waals surface area contributed by atoms with Gasteiger partial charge in [0.05, 0.1) is 25.0 Å². The summed E-state index contributed by atoms with van der Waals surface area (Å²) < 4.78 is 44.6. The number of imidazole rings is 1. The maximum Gasteiger partial charge on any atom is 0.262 e. The normalized spacial score (nSPS) is 23.2. The number of hydrogen-bond donors (Lipinski definition) is 1. The first-order chi connectivity index (χ1) is 15.3. The fraction of sp³-hybridized carbons (Fsp3) is 0.348. The highest BCUT2D eigenvalue weighted by Crippen LogP contribution is 2.51. The van der Waals surface area contributed by atoms with Crippen LogP contribution in [0, 0.1) is 11.7 Å². The molecule has 0 spiro atoms. The van der Waals surface area contributed by atoms with Gasteiger partial charge in [0.1, 0.15) is 5.82 Å². The maximum atomic E-state index is 14.5. The van der Waals surface area contributed by atoms with Crippen molar-refractivity contribution < 1.29 is 17.9 Å². The van der Waals surface area contributed by atoms with Gasteiger partial charge < -0.3 is 14.6 Å². The number of anilines is 1. The number of rotatable bonds is 4. The summed E-state index contributed by atoms with van der Waals surface area (Å²) in [6.07, 6.45) is 3.59. The Bertz CT molecular complexity index is 1280. The van der Waals surface area contributed by atoms with Crippen molar-refractivity contribution in [3.8, 4) is 11.1 Å². The van der Waals surface area contributed by atoms with Gasteiger partial charge >= 0.3 is 0 Å². The number of likely N-dealkylation sites (N-methyl/N-ethyl adjacent to an activating group) is 1. The molecule has 9 heteroatoms. The van der Waals surface area contributed by atoms with Crippen LogP contribution < -0.4 is 4.90 Å². The minimum Gasteiger partial charge on any atom is -0.394 e. The quantitative estimate of drug-likeness (QED) is 0.653. The number of aromatic nitrogens is 2. The van der Waals surface area contributed by atoms with Gasteiger partial charge in [-0.05, 0) is 35.7 Å². The zero-order chi connectivity index (χ0) is 22.6. The van der Waals surface area contributed by atoms with E-state index in [2.05, 4.69) is 4.98 Å². The Morgan fingerprint density at radius 2 is 1.97 bits per heavy atom. The van der Waals surface area contributed by atoms with E-state index < -0.39 is 16.1 Å². The van der Waals surface area contributed by atoms with E-state index in [1.807, 2.05) is 30.1 Å². The molecule has 0 bridgehead atoms. The zero-order valence-corrected chi connectivity index (χ0v) is 18.7. The number of fused-ring (bicyclic) bond motifs is 3. The zero-order valence-electron chi connectivity index (χ0n) is 17.9. The largest absolute Gasteiger partial charge is 0.394 e. The molecule has 1 saturated heterocycles. The number of nitrogens with zero attached hydrogens (tertiary/aromatic N) is 4. The van der Waals surface area contributed by atoms with E-state index in [0.717, 1.165) is 11.3 Å². The van der Waals surface area contributed by atoms with Gasteiger partial charge in [-0.2, -0.15) is 4.31 Å². The van der Waals surface area contributed by atoms with Crippen molar-refractivity contribution in [2.24, 2.45) is 13.0 Å². The molecule has 32 heavy (non-hydrogen) atoms. The maximum absolute atomic E-state index is 14.5. The molecule has 0 radical (unpaired) electrons. The van der Waals surface area contributed by atoms with Gasteiger partial charge in [0.2, 0.25) is 0 Å². The Morgan fingerprint density at radius 3 is 2.66 bits per heavy atom. The molecule has 2 aliphatic heterocycles. The molecule has 0 unspecified atom stereocenters. The predicted octanol–water partition coefficient (Wildman–Crippen LogP) is 2.79. The van der Waals surface area contributed by atoms with E-state index in [1.54, 1.807) is 29.8 Å². The molecule has 7 nitrogen and oxygen atoms in total. The summed E-state index contributed by atoms with van der Waals surface area (Å²) in [4.78, 5) is 6.09. The van der Waals surface area contributed by atoms with Crippen molar-refractivity contribution in [3.63, 3.8) is 0 Å². The number of sulfonamides is 1. The van der Waals surface area contributed by atoms with Crippen molar-refractivity contribution in [1.29, 1.82) is 0 Å². The summed E-state index contributed by atoms with van der Waals surface area (Å²) in [5.41, 5.74) is 2.82. The van der Waals surface area contributed by atoms with E-state index in [1.165, 1.54) is 22.9 Å². The second-order valence-corrected chi connectivity index (χ2v) is 10.3. The van der Waals surface area contributed by atoms with Crippen molar-refractivity contribution in [2.75, 3.05) is 25.1 Å². The third kappa shape index (κ3) is 3.15. The molecule has 0 saturated carbocycles. The molecular formula is C23H25FN4O3S. The molecule has 0 aliphatic carbocycles. The van der Waals surface area contributed by atoms with Crippen LogP contribution >= 0.6 is 0 Å². The van der Waals surface area contributed by atoms with Gasteiger partial charge in [0.15, 0.2) is 5.03 Å². The minimum atomic E-state index is -3.84. The number of aliphatic hydroxyl groups excluding tert-OH is 1. The summed E-state index contributed by atoms with van der Waals surface area (Å²) >= 11 is 0. The SMILES string of the molecule is CN1c2ccc(-c3ccccc3F)cc2[C@H]2[C@H](CCN2S(=O)(=O)c2cn(C)cn2)[C@@H]1CO. The lowest BCUT2D eigenvalue weighted by molar-refractivity contribution is 0.193. The van der Waals surface area contributed by atoms with Crippen LogP contribution in [0.5, 0.6) is 0 Å². The van der Waals surface area contributed by atoms with Crippen LogP contribution in [0.25, 0.3) is 11.1 Å². The number of hydrogen-bond acceptors (Lipinski definition) is 5. The van der Waals surface area contributed by atoms with E-state index in [9.17, 15) is 17.9 Å². The predicted molar refractivity (Wildman–Crippen MR) is 119 cm³/mol. The fourth-order valence-corrected chi connectivity index (χ4v) is 6.82. The van der Waals surface area contributed by atoms with E-state index in [4.69, 9.17) is 0 Å². The first-order valence-corrected chi connectivity index (χ1v) is 12.0. The lowest BCUT2D eigenvalue weighted by atomic mass is 9.81. The highest BCUT2D eigenvalue weighted by atomic mass is 32.2. The number of halogens is 1. The average Bonchev–Trinajstić information content (AvgIpc) is 3.42. The van der Waals surface area contributed by atoms with Gasteiger partial charge in [-0.3, -0.25) is 0 Å². The third-order valence-electron chi connectivity index (χ3n) is 6.74. The lowest BCUT2D eigenvalue weighted by Crippen LogP contribution is -2.48. The van der Waals surface area contributed by atoms with Gasteiger partial charge in [-0.15, -0.1) is 0 Å². The summed E-state index contributed by atoms with van der Waals surface area (Å²) in [6, 6.07) is 11.5. The molecule has 168 valence electrons. The van der Waals surface area contributed by atoms with Gasteiger partial charge in [-0.1, -0.05) is 24.3 Å². The van der Waals surface area contributed by atoms with Crippen LogP contribution in [-0.4, -0.2) is 53.6 Å². The highest BCUT2D eigenvalue weighted by molar-refractivity contribution is 7.89. The molecule has 3 heterocycles. The van der Waals surface area contributed by atoms with E-state index in [0.29, 0.717) is 24.1 Å². The van der Waals surface area contributed by atoms with Crippen molar-refractivity contribution in [1.82, 2.24) is 13.9 Å². The molecule has 1 N–H and O–H groups in total. The second kappa shape index (κ2) is 7.68. The molecule has 5 rings (SSSR count). The van der Waals surface area contributed by atoms with Gasteiger partial charge in [0, 0.05) is 44.0 Å². The summed E-state index contributed by atoms with van der Waals surface area (Å²) in [6.45, 7) is 0.256. The van der Waals surface area contributed by atoms with Gasteiger partial charge in [-0.25, -0.2) is 17.8 Å². The molecule has 1 fully saturated rings. The molecule has 3 atom stereocenters.